The number of nitrogen functional groups attached to an aromatic ring is 1. The van der Waals surface area contributed by atoms with Gasteiger partial charge in [0.25, 0.3) is 0 Å². The normalized spacial score (nSPS) is 28.4. The van der Waals surface area contributed by atoms with Crippen LogP contribution in [0, 0.1) is 0 Å². The number of anilines is 1. The van der Waals surface area contributed by atoms with Crippen LogP contribution in [0.4, 0.5) is 5.82 Å². The Balaban J connectivity index is 1.31. The van der Waals surface area contributed by atoms with Crippen molar-refractivity contribution in [2.45, 2.75) is 43.9 Å². The van der Waals surface area contributed by atoms with E-state index in [4.69, 9.17) is 24.7 Å². The Labute approximate surface area is 196 Å². The van der Waals surface area contributed by atoms with Gasteiger partial charge in [-0.15, -0.1) is 0 Å². The number of nitrogens with two attached hydrogens (primary N) is 1. The highest BCUT2D eigenvalue weighted by Gasteiger charge is 2.60. The molecular formula is C25H25N5O4. The van der Waals surface area contributed by atoms with Crippen LogP contribution < -0.4 is 5.73 Å². The van der Waals surface area contributed by atoms with Crippen molar-refractivity contribution in [3.63, 3.8) is 0 Å². The molecule has 2 saturated heterocycles. The lowest BCUT2D eigenvalue weighted by Gasteiger charge is -2.31. The summed E-state index contributed by atoms with van der Waals surface area (Å²) in [5.74, 6) is 0.315. The number of hydrogen-bond acceptors (Lipinski definition) is 8. The van der Waals surface area contributed by atoms with Gasteiger partial charge in [0, 0.05) is 5.56 Å². The molecule has 2 aromatic heterocycles. The molecule has 1 unspecified atom stereocenters. The van der Waals surface area contributed by atoms with Crippen LogP contribution in [0.1, 0.15) is 24.3 Å². The highest BCUT2D eigenvalue weighted by atomic mass is 16.8. The smallest absolute Gasteiger partial charge is 0.185 e. The summed E-state index contributed by atoms with van der Waals surface area (Å²) in [4.78, 5) is 12.9. The van der Waals surface area contributed by atoms with E-state index >= 15 is 0 Å². The van der Waals surface area contributed by atoms with Gasteiger partial charge in [-0.25, -0.2) is 15.0 Å². The second kappa shape index (κ2) is 8.44. The highest BCUT2D eigenvalue weighted by Crippen LogP contribution is 2.48. The fraction of sp³-hybridized carbons (Fsp3) is 0.320. The first-order valence-corrected chi connectivity index (χ1v) is 11.2. The Morgan fingerprint density at radius 2 is 1.76 bits per heavy atom. The second-order valence-corrected chi connectivity index (χ2v) is 8.66. The van der Waals surface area contributed by atoms with Crippen LogP contribution in [-0.2, 0) is 31.3 Å². The highest BCUT2D eigenvalue weighted by molar-refractivity contribution is 5.81. The molecule has 4 aromatic rings. The Kier molecular flexibility index (Phi) is 5.26. The molecule has 2 aliphatic heterocycles. The number of imidazole rings is 1. The quantitative estimate of drug-likeness (QED) is 0.469. The summed E-state index contributed by atoms with van der Waals surface area (Å²) in [6, 6.07) is 19.9. The molecular weight excluding hydrogens is 434 g/mol. The third-order valence-electron chi connectivity index (χ3n) is 6.44. The van der Waals surface area contributed by atoms with Gasteiger partial charge in [-0.1, -0.05) is 60.7 Å². The molecule has 4 heterocycles. The predicted octanol–water partition coefficient (Wildman–Crippen LogP) is 3.18. The number of rotatable bonds is 6. The van der Waals surface area contributed by atoms with Crippen LogP contribution in [0.15, 0.2) is 73.3 Å². The number of ether oxygens (including phenoxy) is 4. The molecule has 0 aliphatic carbocycles. The summed E-state index contributed by atoms with van der Waals surface area (Å²) in [7, 11) is 0. The number of fused-ring (bicyclic) bond motifs is 2. The predicted molar refractivity (Wildman–Crippen MR) is 123 cm³/mol. The Bertz CT molecular complexity index is 1280. The van der Waals surface area contributed by atoms with Gasteiger partial charge in [0.15, 0.2) is 23.5 Å². The minimum Gasteiger partial charge on any atom is -0.382 e. The Morgan fingerprint density at radius 1 is 1.00 bits per heavy atom. The van der Waals surface area contributed by atoms with Crippen LogP contribution in [0.3, 0.4) is 0 Å². The monoisotopic (exact) mass is 459 g/mol. The topological polar surface area (TPSA) is 107 Å². The summed E-state index contributed by atoms with van der Waals surface area (Å²) < 4.78 is 27.3. The number of benzene rings is 2. The van der Waals surface area contributed by atoms with Gasteiger partial charge in [-0.3, -0.25) is 4.57 Å². The molecule has 9 heteroatoms. The number of aromatic nitrogens is 4. The van der Waals surface area contributed by atoms with Gasteiger partial charge in [0.05, 0.1) is 19.5 Å². The van der Waals surface area contributed by atoms with E-state index in [0.717, 1.165) is 11.1 Å². The van der Waals surface area contributed by atoms with Crippen LogP contribution in [0.25, 0.3) is 11.2 Å². The first kappa shape index (κ1) is 21.2. The summed E-state index contributed by atoms with van der Waals surface area (Å²) in [6.45, 7) is 2.79. The molecule has 0 spiro atoms. The van der Waals surface area contributed by atoms with Gasteiger partial charge < -0.3 is 24.7 Å². The van der Waals surface area contributed by atoms with Crippen molar-refractivity contribution < 1.29 is 18.9 Å². The average Bonchev–Trinajstić information content (AvgIpc) is 3.56. The van der Waals surface area contributed by atoms with E-state index in [0.29, 0.717) is 30.2 Å². The molecule has 0 radical (unpaired) electrons. The van der Waals surface area contributed by atoms with E-state index in [-0.39, 0.29) is 12.2 Å². The average molecular weight is 460 g/mol. The number of nitrogens with zero attached hydrogens (tertiary/aromatic N) is 4. The molecule has 2 fully saturated rings. The minimum atomic E-state index is -0.940. The maximum absolute atomic E-state index is 6.58. The first-order chi connectivity index (χ1) is 16.6. The molecule has 2 aliphatic rings. The zero-order valence-electron chi connectivity index (χ0n) is 18.7. The van der Waals surface area contributed by atoms with Crippen molar-refractivity contribution in [2.24, 2.45) is 0 Å². The molecule has 174 valence electrons. The summed E-state index contributed by atoms with van der Waals surface area (Å²) in [5.41, 5.74) is 8.22. The van der Waals surface area contributed by atoms with Crippen LogP contribution in [0.5, 0.6) is 0 Å². The molecule has 0 saturated carbocycles. The maximum Gasteiger partial charge on any atom is 0.185 e. The fourth-order valence-corrected chi connectivity index (χ4v) is 4.75. The van der Waals surface area contributed by atoms with Crippen LogP contribution >= 0.6 is 0 Å². The summed E-state index contributed by atoms with van der Waals surface area (Å²) >= 11 is 0. The van der Waals surface area contributed by atoms with Gasteiger partial charge >= 0.3 is 0 Å². The summed E-state index contributed by atoms with van der Waals surface area (Å²) in [6.07, 6.45) is 1.46. The lowest BCUT2D eigenvalue weighted by Crippen LogP contribution is -2.42. The van der Waals surface area contributed by atoms with E-state index < -0.39 is 18.1 Å². The first-order valence-electron chi connectivity index (χ1n) is 11.2. The van der Waals surface area contributed by atoms with Crippen molar-refractivity contribution in [3.05, 3.63) is 84.4 Å². The Hall–Kier alpha value is -3.37. The standard InChI is InChI=1S/C25H25N5O4/c1-25(30-15-29-19-22(26)27-14-28-23(19)30)21-20(32-24(33-21)17-10-6-3-7-11-17)18(34-25)13-31-12-16-8-4-2-5-9-16/h2-11,14-15,18,20-21,24H,12-13H2,1H3,(H2,26,27,28)/t18-,20-,21-,24?,25-/m1/s1. The van der Waals surface area contributed by atoms with Crippen molar-refractivity contribution in [2.75, 3.05) is 12.3 Å². The van der Waals surface area contributed by atoms with Crippen molar-refractivity contribution >= 4 is 17.0 Å². The number of hydrogen-bond donors (Lipinski definition) is 1. The van der Waals surface area contributed by atoms with E-state index in [9.17, 15) is 0 Å². The zero-order valence-corrected chi connectivity index (χ0v) is 18.7. The van der Waals surface area contributed by atoms with Crippen LogP contribution in [-0.4, -0.2) is 44.4 Å². The van der Waals surface area contributed by atoms with Gasteiger partial charge in [0.1, 0.15) is 30.2 Å². The lowest BCUT2D eigenvalue weighted by molar-refractivity contribution is -0.198. The molecule has 6 rings (SSSR count). The minimum absolute atomic E-state index is 0.315. The van der Waals surface area contributed by atoms with E-state index in [1.54, 1.807) is 6.33 Å². The zero-order chi connectivity index (χ0) is 23.1. The van der Waals surface area contributed by atoms with Gasteiger partial charge in [0.2, 0.25) is 0 Å². The third kappa shape index (κ3) is 3.54. The Morgan fingerprint density at radius 3 is 2.56 bits per heavy atom. The fourth-order valence-electron chi connectivity index (χ4n) is 4.75. The summed E-state index contributed by atoms with van der Waals surface area (Å²) in [5, 5.41) is 0. The molecule has 5 atom stereocenters. The van der Waals surface area contributed by atoms with Gasteiger partial charge in [-0.2, -0.15) is 0 Å². The van der Waals surface area contributed by atoms with Crippen LogP contribution in [0.2, 0.25) is 0 Å². The van der Waals surface area contributed by atoms with E-state index in [1.165, 1.54) is 6.33 Å². The van der Waals surface area contributed by atoms with Crippen molar-refractivity contribution in [3.8, 4) is 0 Å². The van der Waals surface area contributed by atoms with Crippen molar-refractivity contribution in [1.82, 2.24) is 19.5 Å². The molecule has 2 aromatic carbocycles. The second-order valence-electron chi connectivity index (χ2n) is 8.66. The molecule has 0 bridgehead atoms. The largest absolute Gasteiger partial charge is 0.382 e. The molecule has 0 amide bonds. The maximum atomic E-state index is 6.58. The van der Waals surface area contributed by atoms with E-state index in [2.05, 4.69) is 15.0 Å². The van der Waals surface area contributed by atoms with Crippen molar-refractivity contribution in [1.29, 1.82) is 0 Å². The lowest BCUT2D eigenvalue weighted by atomic mass is 10.0. The third-order valence-corrected chi connectivity index (χ3v) is 6.44. The molecule has 9 nitrogen and oxygen atoms in total. The van der Waals surface area contributed by atoms with Gasteiger partial charge in [-0.05, 0) is 12.5 Å². The molecule has 34 heavy (non-hydrogen) atoms. The molecule has 2 N–H and O–H groups in total. The van der Waals surface area contributed by atoms with E-state index in [1.807, 2.05) is 72.2 Å². The SMILES string of the molecule is C[C@@]1(n2cnc3c(N)ncnc32)O[C@H](COCc2ccccc2)[C@H]2OC(c3ccccc3)O[C@H]21.